The van der Waals surface area contributed by atoms with E-state index in [0.29, 0.717) is 17.1 Å². The van der Waals surface area contributed by atoms with Crippen LogP contribution in [0.15, 0.2) is 65.7 Å². The molecule has 3 aliphatic heterocycles. The van der Waals surface area contributed by atoms with Crippen molar-refractivity contribution in [3.8, 4) is 0 Å². The minimum Gasteiger partial charge on any atom is -0.310 e. The summed E-state index contributed by atoms with van der Waals surface area (Å²) >= 11 is 2.08. The van der Waals surface area contributed by atoms with Crippen molar-refractivity contribution in [1.29, 1.82) is 0 Å². The Labute approximate surface area is 186 Å². The number of rotatable bonds is 1. The molecule has 0 N–H and O–H groups in total. The van der Waals surface area contributed by atoms with Gasteiger partial charge >= 0.3 is 0 Å². The van der Waals surface area contributed by atoms with Gasteiger partial charge < -0.3 is 4.57 Å². The van der Waals surface area contributed by atoms with Crippen LogP contribution in [0.3, 0.4) is 0 Å². The van der Waals surface area contributed by atoms with E-state index >= 15 is 0 Å². The van der Waals surface area contributed by atoms with Crippen molar-refractivity contribution in [3.05, 3.63) is 76.8 Å². The molecule has 1 aromatic heterocycles. The SMILES string of the molecule is Cc1c2c3c(c4ccccc14)c1ccccc1n3C1=C(C(C)C)SC3C=C[N+](C)=C2C13. The first-order valence-corrected chi connectivity index (χ1v) is 12.1. The molecule has 0 spiro atoms. The van der Waals surface area contributed by atoms with Crippen molar-refractivity contribution >= 4 is 55.7 Å². The van der Waals surface area contributed by atoms with Crippen molar-refractivity contribution in [3.63, 3.8) is 0 Å². The van der Waals surface area contributed by atoms with Crippen LogP contribution in [0.1, 0.15) is 25.0 Å². The van der Waals surface area contributed by atoms with Crippen LogP contribution in [-0.2, 0) is 0 Å². The van der Waals surface area contributed by atoms with E-state index in [4.69, 9.17) is 0 Å². The number of benzene rings is 3. The van der Waals surface area contributed by atoms with Gasteiger partial charge in [0.15, 0.2) is 6.20 Å². The molecule has 2 unspecified atom stereocenters. The molecule has 3 heteroatoms. The average molecular weight is 422 g/mol. The summed E-state index contributed by atoms with van der Waals surface area (Å²) < 4.78 is 5.03. The normalized spacial score (nSPS) is 22.0. The molecular weight excluding hydrogens is 396 g/mol. The third kappa shape index (κ3) is 2.04. The second kappa shape index (κ2) is 5.92. The predicted octanol–water partition coefficient (Wildman–Crippen LogP) is 6.78. The van der Waals surface area contributed by atoms with E-state index in [0.717, 1.165) is 0 Å². The zero-order valence-electron chi connectivity index (χ0n) is 18.3. The largest absolute Gasteiger partial charge is 0.310 e. The zero-order valence-corrected chi connectivity index (χ0v) is 19.1. The standard InChI is InChI=1S/C28H25N2S/c1-15(2)28-27-24-21(31-28)13-14-29(4)25(24)22-16(3)17-9-5-6-10-18(17)23-19-11-7-8-12-20(19)30(27)26(22)23/h5-15,21,24H,1-4H3/q+1. The van der Waals surface area contributed by atoms with E-state index in [1.165, 1.54) is 55.1 Å². The highest BCUT2D eigenvalue weighted by Gasteiger charge is 2.50. The minimum absolute atomic E-state index is 0.406. The summed E-state index contributed by atoms with van der Waals surface area (Å²) in [4.78, 5) is 1.55. The fraction of sp³-hybridized carbons (Fsp3) is 0.250. The Morgan fingerprint density at radius 1 is 0.968 bits per heavy atom. The van der Waals surface area contributed by atoms with Gasteiger partial charge in [0, 0.05) is 21.4 Å². The van der Waals surface area contributed by atoms with Crippen LogP contribution in [0.5, 0.6) is 0 Å². The number of hydrogen-bond donors (Lipinski definition) is 0. The summed E-state index contributed by atoms with van der Waals surface area (Å²) in [5.41, 5.74) is 8.60. The number of nitrogens with zero attached hydrogens (tertiary/aromatic N) is 2. The molecule has 0 saturated heterocycles. The molecule has 4 heterocycles. The van der Waals surface area contributed by atoms with Gasteiger partial charge in [-0.3, -0.25) is 0 Å². The lowest BCUT2D eigenvalue weighted by molar-refractivity contribution is -0.425. The molecule has 0 amide bonds. The van der Waals surface area contributed by atoms with Crippen molar-refractivity contribution in [1.82, 2.24) is 4.57 Å². The van der Waals surface area contributed by atoms with Gasteiger partial charge in [-0.1, -0.05) is 56.3 Å². The number of allylic oxidation sites excluding steroid dienone is 2. The smallest absolute Gasteiger partial charge is 0.201 e. The number of fused-ring (bicyclic) bond motifs is 7. The van der Waals surface area contributed by atoms with Gasteiger partial charge in [-0.05, 0) is 41.3 Å². The lowest BCUT2D eigenvalue weighted by Crippen LogP contribution is -2.37. The molecule has 152 valence electrons. The summed E-state index contributed by atoms with van der Waals surface area (Å²) in [5.74, 6) is 0.925. The van der Waals surface area contributed by atoms with Gasteiger partial charge in [-0.15, -0.1) is 11.8 Å². The van der Waals surface area contributed by atoms with Gasteiger partial charge in [-0.2, -0.15) is 0 Å². The van der Waals surface area contributed by atoms with Crippen LogP contribution < -0.4 is 0 Å². The summed E-state index contributed by atoms with van der Waals surface area (Å²) in [7, 11) is 2.23. The molecule has 3 aromatic carbocycles. The summed E-state index contributed by atoms with van der Waals surface area (Å²) in [6, 6.07) is 18.0. The molecule has 2 nitrogen and oxygen atoms in total. The van der Waals surface area contributed by atoms with Gasteiger partial charge in [-0.25, -0.2) is 4.58 Å². The fourth-order valence-electron chi connectivity index (χ4n) is 6.20. The van der Waals surface area contributed by atoms with Gasteiger partial charge in [0.1, 0.15) is 13.0 Å². The molecular formula is C28H25N2S+. The minimum atomic E-state index is 0.406. The van der Waals surface area contributed by atoms with E-state index in [1.54, 1.807) is 4.91 Å². The monoisotopic (exact) mass is 421 g/mol. The Morgan fingerprint density at radius 3 is 2.45 bits per heavy atom. The highest BCUT2D eigenvalue weighted by Crippen LogP contribution is 2.56. The highest BCUT2D eigenvalue weighted by atomic mass is 32.2. The number of para-hydroxylation sites is 1. The average Bonchev–Trinajstić information content (AvgIpc) is 3.32. The van der Waals surface area contributed by atoms with Crippen molar-refractivity contribution in [2.45, 2.75) is 26.0 Å². The van der Waals surface area contributed by atoms with Gasteiger partial charge in [0.05, 0.1) is 21.8 Å². The first-order valence-electron chi connectivity index (χ1n) is 11.2. The maximum atomic E-state index is 2.64. The molecule has 31 heavy (non-hydrogen) atoms. The predicted molar refractivity (Wildman–Crippen MR) is 134 cm³/mol. The lowest BCUT2D eigenvalue weighted by Gasteiger charge is -2.30. The van der Waals surface area contributed by atoms with Crippen LogP contribution in [0.4, 0.5) is 0 Å². The van der Waals surface area contributed by atoms with Gasteiger partial charge in [0.2, 0.25) is 5.71 Å². The second-order valence-corrected chi connectivity index (χ2v) is 10.6. The molecule has 0 fully saturated rings. The van der Waals surface area contributed by atoms with Crippen molar-refractivity contribution < 1.29 is 4.58 Å². The van der Waals surface area contributed by atoms with Crippen LogP contribution in [0.2, 0.25) is 0 Å². The molecule has 0 aliphatic carbocycles. The molecule has 0 radical (unpaired) electrons. The molecule has 2 atom stereocenters. The Hall–Kier alpha value is -2.78. The molecule has 4 aromatic rings. The Kier molecular flexibility index (Phi) is 3.41. The quantitative estimate of drug-likeness (QED) is 0.307. The fourth-order valence-corrected chi connectivity index (χ4v) is 7.65. The molecule has 7 rings (SSSR count). The van der Waals surface area contributed by atoms with E-state index in [9.17, 15) is 0 Å². The number of thioether (sulfide) groups is 1. The Bertz CT molecular complexity index is 1560. The van der Waals surface area contributed by atoms with E-state index in [2.05, 4.69) is 110 Å². The topological polar surface area (TPSA) is 7.94 Å². The maximum Gasteiger partial charge on any atom is 0.201 e. The maximum absolute atomic E-state index is 2.64. The second-order valence-electron chi connectivity index (χ2n) is 9.42. The third-order valence-electron chi connectivity index (χ3n) is 7.42. The van der Waals surface area contributed by atoms with Crippen LogP contribution in [0.25, 0.3) is 38.3 Å². The number of aryl methyl sites for hydroxylation is 1. The van der Waals surface area contributed by atoms with E-state index < -0.39 is 0 Å². The molecule has 0 bridgehead atoms. The van der Waals surface area contributed by atoms with Gasteiger partial charge in [0.25, 0.3) is 0 Å². The number of aromatic nitrogens is 1. The first-order chi connectivity index (χ1) is 15.1. The van der Waals surface area contributed by atoms with Crippen molar-refractivity contribution in [2.24, 2.45) is 11.8 Å². The first kappa shape index (κ1) is 17.9. The van der Waals surface area contributed by atoms with Crippen LogP contribution in [-0.4, -0.2) is 27.2 Å². The Balaban J connectivity index is 1.84. The molecule has 3 aliphatic rings. The van der Waals surface area contributed by atoms with E-state index in [1.807, 2.05) is 0 Å². The third-order valence-corrected chi connectivity index (χ3v) is 9.06. The zero-order chi connectivity index (χ0) is 21.0. The van der Waals surface area contributed by atoms with Crippen LogP contribution >= 0.6 is 11.8 Å². The van der Waals surface area contributed by atoms with Crippen molar-refractivity contribution in [2.75, 3.05) is 7.05 Å². The summed E-state index contributed by atoms with van der Waals surface area (Å²) in [6.45, 7) is 7.03. The lowest BCUT2D eigenvalue weighted by atomic mass is 9.80. The molecule has 0 saturated carbocycles. The number of hydrogen-bond acceptors (Lipinski definition) is 1. The summed E-state index contributed by atoms with van der Waals surface area (Å²) in [6.07, 6.45) is 4.71. The van der Waals surface area contributed by atoms with E-state index in [-0.39, 0.29) is 0 Å². The summed E-state index contributed by atoms with van der Waals surface area (Å²) in [5, 5.41) is 6.00. The Morgan fingerprint density at radius 2 is 1.68 bits per heavy atom. The van der Waals surface area contributed by atoms with Crippen LogP contribution in [0, 0.1) is 18.8 Å². The highest BCUT2D eigenvalue weighted by molar-refractivity contribution is 8.04.